The van der Waals surface area contributed by atoms with Gasteiger partial charge in [-0.2, -0.15) is 0 Å². The molecule has 0 aliphatic carbocycles. The molecule has 3 rings (SSSR count). The Morgan fingerprint density at radius 3 is 3.04 bits per heavy atom. The number of carbonyl (C=O) groups is 1. The summed E-state index contributed by atoms with van der Waals surface area (Å²) < 4.78 is 1.63. The zero-order chi connectivity index (χ0) is 17.3. The molecular weight excluding hydrogens is 346 g/mol. The van der Waals surface area contributed by atoms with Gasteiger partial charge in [-0.25, -0.2) is 4.98 Å². The maximum Gasteiger partial charge on any atom is 0.254 e. The van der Waals surface area contributed by atoms with Crippen LogP contribution in [0, 0.1) is 6.92 Å². The second-order valence-electron chi connectivity index (χ2n) is 5.72. The van der Waals surface area contributed by atoms with Crippen molar-refractivity contribution >= 4 is 35.0 Å². The number of benzene rings is 1. The minimum atomic E-state index is -0.171. The van der Waals surface area contributed by atoms with Crippen LogP contribution in [0.25, 0.3) is 0 Å². The predicted molar refractivity (Wildman–Crippen MR) is 97.1 cm³/mol. The predicted octanol–water partition coefficient (Wildman–Crippen LogP) is 3.44. The molecule has 0 bridgehead atoms. The molecule has 126 valence electrons. The van der Waals surface area contributed by atoms with Gasteiger partial charge in [0.1, 0.15) is 0 Å². The molecular formula is C17H18ClN3O2S. The van der Waals surface area contributed by atoms with E-state index in [1.54, 1.807) is 22.8 Å². The molecule has 0 fully saturated rings. The number of nitrogens with zero attached hydrogens (tertiary/aromatic N) is 2. The van der Waals surface area contributed by atoms with E-state index in [2.05, 4.69) is 10.3 Å². The van der Waals surface area contributed by atoms with Crippen LogP contribution in [0.15, 0.2) is 34.2 Å². The van der Waals surface area contributed by atoms with Crippen molar-refractivity contribution < 1.29 is 4.79 Å². The zero-order valence-corrected chi connectivity index (χ0v) is 15.1. The molecule has 24 heavy (non-hydrogen) atoms. The minimum absolute atomic E-state index is 0.0846. The number of anilines is 1. The number of carbonyl (C=O) groups excluding carboxylic acids is 1. The molecule has 2 heterocycles. The Balaban J connectivity index is 1.76. The molecule has 0 radical (unpaired) electrons. The first-order valence-electron chi connectivity index (χ1n) is 7.79. The summed E-state index contributed by atoms with van der Waals surface area (Å²) in [6, 6.07) is 6.79. The molecule has 1 unspecified atom stereocenters. The Morgan fingerprint density at radius 2 is 2.29 bits per heavy atom. The molecule has 1 aliphatic heterocycles. The Morgan fingerprint density at radius 1 is 1.50 bits per heavy atom. The smallest absolute Gasteiger partial charge is 0.254 e. The number of hydrogen-bond donors (Lipinski definition) is 1. The van der Waals surface area contributed by atoms with Crippen LogP contribution in [0.1, 0.15) is 30.6 Å². The van der Waals surface area contributed by atoms with E-state index < -0.39 is 0 Å². The number of hydrogen-bond acceptors (Lipinski definition) is 4. The van der Waals surface area contributed by atoms with E-state index in [-0.39, 0.29) is 23.9 Å². The summed E-state index contributed by atoms with van der Waals surface area (Å²) in [6.45, 7) is 3.83. The highest BCUT2D eigenvalue weighted by Crippen LogP contribution is 2.32. The van der Waals surface area contributed by atoms with Crippen molar-refractivity contribution in [2.45, 2.75) is 37.9 Å². The summed E-state index contributed by atoms with van der Waals surface area (Å²) in [5, 5.41) is 4.20. The van der Waals surface area contributed by atoms with Gasteiger partial charge in [0.2, 0.25) is 5.91 Å². The van der Waals surface area contributed by atoms with Gasteiger partial charge in [0.25, 0.3) is 5.56 Å². The second kappa shape index (κ2) is 6.99. The van der Waals surface area contributed by atoms with E-state index in [1.165, 1.54) is 11.8 Å². The van der Waals surface area contributed by atoms with Crippen molar-refractivity contribution in [1.82, 2.24) is 9.55 Å². The van der Waals surface area contributed by atoms with Crippen LogP contribution in [0.3, 0.4) is 0 Å². The van der Waals surface area contributed by atoms with Crippen LogP contribution < -0.4 is 10.9 Å². The maximum atomic E-state index is 12.4. The van der Waals surface area contributed by atoms with Crippen molar-refractivity contribution in [3.63, 3.8) is 0 Å². The van der Waals surface area contributed by atoms with Crippen molar-refractivity contribution in [1.29, 1.82) is 0 Å². The van der Waals surface area contributed by atoms with Crippen LogP contribution in [-0.2, 0) is 11.2 Å². The SMILES string of the molecule is CCc1cc(=O)n2c(n1)SCC2CC(=O)Nc1cccc(Cl)c1C. The lowest BCUT2D eigenvalue weighted by Crippen LogP contribution is -2.27. The van der Waals surface area contributed by atoms with Gasteiger partial charge in [0, 0.05) is 34.6 Å². The minimum Gasteiger partial charge on any atom is -0.326 e. The van der Waals surface area contributed by atoms with Gasteiger partial charge in [0.15, 0.2) is 5.16 Å². The molecule has 1 aromatic heterocycles. The molecule has 0 saturated heterocycles. The summed E-state index contributed by atoms with van der Waals surface area (Å²) >= 11 is 7.60. The third-order valence-electron chi connectivity index (χ3n) is 4.07. The van der Waals surface area contributed by atoms with Gasteiger partial charge in [-0.05, 0) is 31.0 Å². The molecule has 0 saturated carbocycles. The summed E-state index contributed by atoms with van der Waals surface area (Å²) in [6.07, 6.45) is 0.960. The first kappa shape index (κ1) is 17.0. The molecule has 2 aromatic rings. The molecule has 1 aliphatic rings. The highest BCUT2D eigenvalue weighted by Gasteiger charge is 2.27. The lowest BCUT2D eigenvalue weighted by molar-refractivity contribution is -0.116. The topological polar surface area (TPSA) is 64.0 Å². The van der Waals surface area contributed by atoms with Crippen molar-refractivity contribution in [2.75, 3.05) is 11.1 Å². The fourth-order valence-corrected chi connectivity index (χ4v) is 4.03. The first-order chi connectivity index (χ1) is 11.5. The highest BCUT2D eigenvalue weighted by atomic mass is 35.5. The highest BCUT2D eigenvalue weighted by molar-refractivity contribution is 7.99. The number of fused-ring (bicyclic) bond motifs is 1. The second-order valence-corrected chi connectivity index (χ2v) is 7.12. The number of amides is 1. The quantitative estimate of drug-likeness (QED) is 0.845. The largest absolute Gasteiger partial charge is 0.326 e. The lowest BCUT2D eigenvalue weighted by Gasteiger charge is -2.14. The summed E-state index contributed by atoms with van der Waals surface area (Å²) in [7, 11) is 0. The van der Waals surface area contributed by atoms with Crippen LogP contribution in [0.5, 0.6) is 0 Å². The average molecular weight is 364 g/mol. The Hall–Kier alpha value is -1.79. The van der Waals surface area contributed by atoms with Gasteiger partial charge in [0.05, 0.1) is 6.04 Å². The monoisotopic (exact) mass is 363 g/mol. The normalized spacial score (nSPS) is 16.0. The van der Waals surface area contributed by atoms with Gasteiger partial charge in [-0.3, -0.25) is 14.2 Å². The van der Waals surface area contributed by atoms with Crippen LogP contribution >= 0.6 is 23.4 Å². The molecule has 1 amide bonds. The van der Waals surface area contributed by atoms with Crippen molar-refractivity contribution in [3.05, 3.63) is 50.9 Å². The summed E-state index contributed by atoms with van der Waals surface area (Å²) in [5.41, 5.74) is 2.24. The molecule has 5 nitrogen and oxygen atoms in total. The Kier molecular flexibility index (Phi) is 4.96. The number of thioether (sulfide) groups is 1. The lowest BCUT2D eigenvalue weighted by atomic mass is 10.1. The molecule has 0 spiro atoms. The maximum absolute atomic E-state index is 12.4. The van der Waals surface area contributed by atoms with E-state index >= 15 is 0 Å². The zero-order valence-electron chi connectivity index (χ0n) is 13.5. The summed E-state index contributed by atoms with van der Waals surface area (Å²) in [4.78, 5) is 29.2. The third-order valence-corrected chi connectivity index (χ3v) is 5.57. The standard InChI is InChI=1S/C17H18ClN3O2S/c1-3-11-7-16(23)21-12(9-24-17(21)19-11)8-15(22)20-14-6-4-5-13(18)10(14)2/h4-7,12H,3,8-9H2,1-2H3,(H,20,22). The molecule has 1 N–H and O–H groups in total. The van der Waals surface area contributed by atoms with Crippen LogP contribution in [-0.4, -0.2) is 21.2 Å². The third kappa shape index (κ3) is 3.35. The van der Waals surface area contributed by atoms with Gasteiger partial charge in [-0.1, -0.05) is 36.4 Å². The fraction of sp³-hybridized carbons (Fsp3) is 0.353. The number of nitrogens with one attached hydrogen (secondary N) is 1. The van der Waals surface area contributed by atoms with Crippen LogP contribution in [0.2, 0.25) is 5.02 Å². The Bertz CT molecular complexity index is 850. The van der Waals surface area contributed by atoms with Gasteiger partial charge < -0.3 is 5.32 Å². The average Bonchev–Trinajstić information content (AvgIpc) is 2.95. The fourth-order valence-electron chi connectivity index (χ4n) is 2.69. The van der Waals surface area contributed by atoms with E-state index in [1.807, 2.05) is 19.9 Å². The van der Waals surface area contributed by atoms with E-state index in [0.29, 0.717) is 21.6 Å². The van der Waals surface area contributed by atoms with Crippen LogP contribution in [0.4, 0.5) is 5.69 Å². The first-order valence-corrected chi connectivity index (χ1v) is 9.16. The summed E-state index contributed by atoms with van der Waals surface area (Å²) in [5.74, 6) is 0.544. The number of rotatable bonds is 4. The molecule has 1 aromatic carbocycles. The number of halogens is 1. The van der Waals surface area contributed by atoms with Crippen molar-refractivity contribution in [2.24, 2.45) is 0 Å². The number of aryl methyl sites for hydroxylation is 1. The molecule has 1 atom stereocenters. The van der Waals surface area contributed by atoms with Gasteiger partial charge >= 0.3 is 0 Å². The van der Waals surface area contributed by atoms with Gasteiger partial charge in [-0.15, -0.1) is 0 Å². The van der Waals surface area contributed by atoms with E-state index in [9.17, 15) is 9.59 Å². The van der Waals surface area contributed by atoms with Crippen molar-refractivity contribution in [3.8, 4) is 0 Å². The van der Waals surface area contributed by atoms with E-state index in [0.717, 1.165) is 17.7 Å². The number of aromatic nitrogens is 2. The Labute approximate surface area is 149 Å². The molecule has 7 heteroatoms. The van der Waals surface area contributed by atoms with E-state index in [4.69, 9.17) is 11.6 Å².